The zero-order valence-corrected chi connectivity index (χ0v) is 13.0. The molecule has 0 bridgehead atoms. The summed E-state index contributed by atoms with van der Waals surface area (Å²) in [5, 5.41) is 3.34. The number of aromatic nitrogens is 1. The minimum atomic E-state index is 0.203. The number of anilines is 1. The van der Waals surface area contributed by atoms with E-state index < -0.39 is 0 Å². The Morgan fingerprint density at radius 3 is 2.75 bits per heavy atom. The van der Waals surface area contributed by atoms with Gasteiger partial charge in [0.25, 0.3) is 0 Å². The first-order chi connectivity index (χ1) is 9.61. The van der Waals surface area contributed by atoms with E-state index in [2.05, 4.69) is 48.4 Å². The normalized spacial score (nSPS) is 12.3. The van der Waals surface area contributed by atoms with Crippen molar-refractivity contribution in [2.24, 2.45) is 0 Å². The molecule has 0 spiro atoms. The Morgan fingerprint density at radius 1 is 1.30 bits per heavy atom. The molecule has 4 heteroatoms. The number of rotatable bonds is 5. The zero-order chi connectivity index (χ0) is 14.5. The monoisotopic (exact) mass is 287 g/mol. The van der Waals surface area contributed by atoms with E-state index in [-0.39, 0.29) is 6.04 Å². The predicted molar refractivity (Wildman–Crippen MR) is 87.1 cm³/mol. The number of hydrogen-bond acceptors (Lipinski definition) is 4. The van der Waals surface area contributed by atoms with Crippen LogP contribution in [0.4, 0.5) is 5.82 Å². The van der Waals surface area contributed by atoms with Gasteiger partial charge in [0, 0.05) is 28.5 Å². The van der Waals surface area contributed by atoms with Crippen molar-refractivity contribution in [1.82, 2.24) is 10.3 Å². The number of aryl methyl sites for hydroxylation is 2. The van der Waals surface area contributed by atoms with Crippen LogP contribution in [0.2, 0.25) is 0 Å². The summed E-state index contributed by atoms with van der Waals surface area (Å²) in [4.78, 5) is 5.49. The highest BCUT2D eigenvalue weighted by molar-refractivity contribution is 7.99. The molecule has 1 aromatic heterocycles. The number of nitrogens with one attached hydrogen (secondary N) is 1. The Labute approximate surface area is 125 Å². The van der Waals surface area contributed by atoms with Crippen LogP contribution in [0.25, 0.3) is 0 Å². The lowest BCUT2D eigenvalue weighted by molar-refractivity contribution is 0.657. The van der Waals surface area contributed by atoms with E-state index in [0.717, 1.165) is 11.3 Å². The van der Waals surface area contributed by atoms with Crippen LogP contribution in [0, 0.1) is 13.8 Å². The van der Waals surface area contributed by atoms with Crippen molar-refractivity contribution < 1.29 is 0 Å². The topological polar surface area (TPSA) is 50.9 Å². The molecule has 1 atom stereocenters. The predicted octanol–water partition coefficient (Wildman–Crippen LogP) is 3.33. The van der Waals surface area contributed by atoms with Crippen LogP contribution < -0.4 is 11.1 Å². The zero-order valence-electron chi connectivity index (χ0n) is 12.2. The standard InChI is InChI=1S/C16H21N3S/c1-11-5-4-6-13(9-11)20-10-14(18-3)15-12(2)7-8-19-16(15)17/h4-9,14,18H,10H2,1-3H3,(H2,17,19). The summed E-state index contributed by atoms with van der Waals surface area (Å²) in [5.74, 6) is 1.55. The second-order valence-electron chi connectivity index (χ2n) is 4.90. The van der Waals surface area contributed by atoms with E-state index in [1.165, 1.54) is 16.0 Å². The van der Waals surface area contributed by atoms with E-state index >= 15 is 0 Å². The molecule has 20 heavy (non-hydrogen) atoms. The molecule has 0 amide bonds. The van der Waals surface area contributed by atoms with Crippen molar-refractivity contribution in [3.8, 4) is 0 Å². The van der Waals surface area contributed by atoms with Gasteiger partial charge in [0.05, 0.1) is 0 Å². The molecule has 0 saturated heterocycles. The van der Waals surface area contributed by atoms with Crippen molar-refractivity contribution in [2.45, 2.75) is 24.8 Å². The van der Waals surface area contributed by atoms with Gasteiger partial charge in [-0.3, -0.25) is 0 Å². The Balaban J connectivity index is 2.13. The molecule has 1 heterocycles. The Bertz CT molecular complexity index is 563. The number of hydrogen-bond donors (Lipinski definition) is 2. The van der Waals surface area contributed by atoms with Gasteiger partial charge in [0.2, 0.25) is 0 Å². The molecule has 1 aromatic carbocycles. The van der Waals surface area contributed by atoms with Crippen molar-refractivity contribution in [1.29, 1.82) is 0 Å². The first-order valence-corrected chi connectivity index (χ1v) is 7.68. The number of pyridine rings is 1. The lowest BCUT2D eigenvalue weighted by Gasteiger charge is -2.19. The molecular weight excluding hydrogens is 266 g/mol. The molecule has 2 aromatic rings. The van der Waals surface area contributed by atoms with E-state index in [9.17, 15) is 0 Å². The first kappa shape index (κ1) is 14.9. The van der Waals surface area contributed by atoms with Gasteiger partial charge in [-0.2, -0.15) is 0 Å². The third-order valence-corrected chi connectivity index (χ3v) is 4.43. The molecule has 0 radical (unpaired) electrons. The maximum absolute atomic E-state index is 6.03. The second-order valence-corrected chi connectivity index (χ2v) is 5.99. The average molecular weight is 287 g/mol. The van der Waals surface area contributed by atoms with Crippen LogP contribution in [-0.2, 0) is 0 Å². The lowest BCUT2D eigenvalue weighted by Crippen LogP contribution is -2.21. The average Bonchev–Trinajstić information content (AvgIpc) is 2.42. The molecular formula is C16H21N3S. The van der Waals surface area contributed by atoms with Crippen molar-refractivity contribution in [2.75, 3.05) is 18.5 Å². The fraction of sp³-hybridized carbons (Fsp3) is 0.312. The lowest BCUT2D eigenvalue weighted by atomic mass is 10.0. The summed E-state index contributed by atoms with van der Waals surface area (Å²) < 4.78 is 0. The molecule has 106 valence electrons. The van der Waals surface area contributed by atoms with E-state index in [1.54, 1.807) is 6.20 Å². The van der Waals surface area contributed by atoms with Gasteiger partial charge in [0.1, 0.15) is 5.82 Å². The summed E-state index contributed by atoms with van der Waals surface area (Å²) in [6.07, 6.45) is 1.76. The fourth-order valence-corrected chi connectivity index (χ4v) is 3.38. The summed E-state index contributed by atoms with van der Waals surface area (Å²) >= 11 is 1.83. The Morgan fingerprint density at radius 2 is 2.10 bits per heavy atom. The second kappa shape index (κ2) is 6.77. The number of benzene rings is 1. The molecule has 2 rings (SSSR count). The molecule has 0 aliphatic carbocycles. The molecule has 0 aliphatic heterocycles. The molecule has 1 unspecified atom stereocenters. The van der Waals surface area contributed by atoms with Gasteiger partial charge < -0.3 is 11.1 Å². The van der Waals surface area contributed by atoms with Crippen molar-refractivity contribution in [3.05, 3.63) is 53.2 Å². The Kier molecular flexibility index (Phi) is 5.04. The SMILES string of the molecule is CNC(CSc1cccc(C)c1)c1c(C)ccnc1N. The summed E-state index contributed by atoms with van der Waals surface area (Å²) in [6.45, 7) is 4.19. The van der Waals surface area contributed by atoms with E-state index in [4.69, 9.17) is 5.73 Å². The highest BCUT2D eigenvalue weighted by Gasteiger charge is 2.16. The van der Waals surface area contributed by atoms with Gasteiger partial charge in [-0.25, -0.2) is 4.98 Å². The van der Waals surface area contributed by atoms with Gasteiger partial charge in [0.15, 0.2) is 0 Å². The van der Waals surface area contributed by atoms with Gasteiger partial charge in [-0.15, -0.1) is 11.8 Å². The first-order valence-electron chi connectivity index (χ1n) is 6.69. The third-order valence-electron chi connectivity index (χ3n) is 3.34. The number of nitrogens with zero attached hydrogens (tertiary/aromatic N) is 1. The van der Waals surface area contributed by atoms with Gasteiger partial charge in [-0.05, 0) is 44.7 Å². The Hall–Kier alpha value is -1.52. The highest BCUT2D eigenvalue weighted by atomic mass is 32.2. The number of nitrogen functional groups attached to an aromatic ring is 1. The van der Waals surface area contributed by atoms with Crippen molar-refractivity contribution in [3.63, 3.8) is 0 Å². The minimum Gasteiger partial charge on any atom is -0.383 e. The summed E-state index contributed by atoms with van der Waals surface area (Å²) in [5.41, 5.74) is 9.60. The molecule has 3 N–H and O–H groups in total. The van der Waals surface area contributed by atoms with Crippen LogP contribution in [0.3, 0.4) is 0 Å². The molecule has 3 nitrogen and oxygen atoms in total. The van der Waals surface area contributed by atoms with Gasteiger partial charge in [-0.1, -0.05) is 17.7 Å². The fourth-order valence-electron chi connectivity index (χ4n) is 2.24. The highest BCUT2D eigenvalue weighted by Crippen LogP contribution is 2.29. The molecule has 0 saturated carbocycles. The van der Waals surface area contributed by atoms with Crippen LogP contribution in [0.15, 0.2) is 41.4 Å². The van der Waals surface area contributed by atoms with E-state index in [1.807, 2.05) is 24.9 Å². The maximum Gasteiger partial charge on any atom is 0.128 e. The summed E-state index contributed by atoms with van der Waals surface area (Å²) in [6, 6.07) is 10.8. The molecule has 0 fully saturated rings. The van der Waals surface area contributed by atoms with Crippen molar-refractivity contribution >= 4 is 17.6 Å². The van der Waals surface area contributed by atoms with Crippen LogP contribution in [0.1, 0.15) is 22.7 Å². The maximum atomic E-state index is 6.03. The molecule has 0 aliphatic rings. The minimum absolute atomic E-state index is 0.203. The van der Waals surface area contributed by atoms with Gasteiger partial charge >= 0.3 is 0 Å². The third kappa shape index (κ3) is 3.52. The van der Waals surface area contributed by atoms with E-state index in [0.29, 0.717) is 5.82 Å². The van der Waals surface area contributed by atoms with Crippen LogP contribution in [0.5, 0.6) is 0 Å². The quantitative estimate of drug-likeness (QED) is 0.828. The van der Waals surface area contributed by atoms with Crippen LogP contribution >= 0.6 is 11.8 Å². The smallest absolute Gasteiger partial charge is 0.128 e. The number of thioether (sulfide) groups is 1. The van der Waals surface area contributed by atoms with Crippen LogP contribution in [-0.4, -0.2) is 17.8 Å². The largest absolute Gasteiger partial charge is 0.383 e. The number of nitrogens with two attached hydrogens (primary N) is 1. The summed E-state index contributed by atoms with van der Waals surface area (Å²) in [7, 11) is 1.97.